The molecule has 21 heavy (non-hydrogen) atoms. The summed E-state index contributed by atoms with van der Waals surface area (Å²) < 4.78 is 0. The zero-order valence-corrected chi connectivity index (χ0v) is 14.3. The maximum Gasteiger partial charge on any atom is 0.240 e. The molecule has 4 nitrogen and oxygen atoms in total. The first kappa shape index (κ1) is 16.8. The molecule has 1 saturated heterocycles. The zero-order valence-electron chi connectivity index (χ0n) is 14.3. The van der Waals surface area contributed by atoms with E-state index < -0.39 is 0 Å². The number of hydrogen-bond donors (Lipinski definition) is 2. The van der Waals surface area contributed by atoms with Crippen LogP contribution in [0.15, 0.2) is 0 Å². The van der Waals surface area contributed by atoms with Gasteiger partial charge in [-0.05, 0) is 65.6 Å². The lowest BCUT2D eigenvalue weighted by atomic mass is 9.75. The van der Waals surface area contributed by atoms with E-state index in [1.807, 2.05) is 6.92 Å². The van der Waals surface area contributed by atoms with Gasteiger partial charge in [-0.1, -0.05) is 19.8 Å². The standard InChI is InChI=1S/C17H33N3O/c1-14-8-7-10-17(12-14,20(3)4)13-18-15(21)16(2)9-5-6-11-19-16/h14,19H,5-13H2,1-4H3,(H,18,21). The van der Waals surface area contributed by atoms with Gasteiger partial charge in [0.1, 0.15) is 0 Å². The van der Waals surface area contributed by atoms with Gasteiger partial charge in [-0.2, -0.15) is 0 Å². The van der Waals surface area contributed by atoms with Crippen LogP contribution in [0, 0.1) is 5.92 Å². The predicted octanol–water partition coefficient (Wildman–Crippen LogP) is 2.15. The molecule has 2 aliphatic rings. The lowest BCUT2D eigenvalue weighted by Crippen LogP contribution is -2.61. The second kappa shape index (κ2) is 6.66. The molecule has 0 aromatic heterocycles. The quantitative estimate of drug-likeness (QED) is 0.835. The fourth-order valence-corrected chi connectivity index (χ4v) is 4.05. The topological polar surface area (TPSA) is 44.4 Å². The third kappa shape index (κ3) is 3.78. The van der Waals surface area contributed by atoms with E-state index in [2.05, 4.69) is 36.6 Å². The van der Waals surface area contributed by atoms with E-state index in [0.29, 0.717) is 0 Å². The molecule has 1 aliphatic carbocycles. The van der Waals surface area contributed by atoms with Gasteiger partial charge in [0.2, 0.25) is 5.91 Å². The molecule has 2 N–H and O–H groups in total. The Morgan fingerprint density at radius 2 is 2.05 bits per heavy atom. The maximum atomic E-state index is 12.6. The summed E-state index contributed by atoms with van der Waals surface area (Å²) in [5, 5.41) is 6.67. The van der Waals surface area contributed by atoms with Crippen LogP contribution in [0.1, 0.15) is 58.8 Å². The second-order valence-corrected chi connectivity index (χ2v) is 7.72. The van der Waals surface area contributed by atoms with Crippen molar-refractivity contribution in [3.8, 4) is 0 Å². The lowest BCUT2D eigenvalue weighted by Gasteiger charge is -2.46. The summed E-state index contributed by atoms with van der Waals surface area (Å²) in [6.07, 6.45) is 8.24. The van der Waals surface area contributed by atoms with Crippen LogP contribution >= 0.6 is 0 Å². The average molecular weight is 295 g/mol. The highest BCUT2D eigenvalue weighted by molar-refractivity contribution is 5.86. The third-order valence-electron chi connectivity index (χ3n) is 5.71. The van der Waals surface area contributed by atoms with Gasteiger partial charge in [0.05, 0.1) is 5.54 Å². The van der Waals surface area contributed by atoms with E-state index in [0.717, 1.165) is 31.8 Å². The molecule has 0 spiro atoms. The third-order valence-corrected chi connectivity index (χ3v) is 5.71. The van der Waals surface area contributed by atoms with Crippen LogP contribution in [0.3, 0.4) is 0 Å². The number of nitrogens with zero attached hydrogens (tertiary/aromatic N) is 1. The Labute approximate surface area is 130 Å². The van der Waals surface area contributed by atoms with Crippen molar-refractivity contribution in [2.45, 2.75) is 69.9 Å². The fraction of sp³-hybridized carbons (Fsp3) is 0.941. The van der Waals surface area contributed by atoms with Crippen molar-refractivity contribution in [2.24, 2.45) is 5.92 Å². The largest absolute Gasteiger partial charge is 0.353 e. The van der Waals surface area contributed by atoms with E-state index >= 15 is 0 Å². The van der Waals surface area contributed by atoms with Crippen LogP contribution in [0.25, 0.3) is 0 Å². The molecule has 3 unspecified atom stereocenters. The summed E-state index contributed by atoms with van der Waals surface area (Å²) >= 11 is 0. The molecule has 2 rings (SSSR count). The summed E-state index contributed by atoms with van der Waals surface area (Å²) in [7, 11) is 4.32. The SMILES string of the molecule is CC1CCCC(CNC(=O)C2(C)CCCCN2)(N(C)C)C1. The Morgan fingerprint density at radius 1 is 1.29 bits per heavy atom. The fourth-order valence-electron chi connectivity index (χ4n) is 4.05. The number of carbonyl (C=O) groups excluding carboxylic acids is 1. The number of amides is 1. The van der Waals surface area contributed by atoms with Gasteiger partial charge in [-0.25, -0.2) is 0 Å². The van der Waals surface area contributed by atoms with Crippen molar-refractivity contribution >= 4 is 5.91 Å². The molecule has 2 fully saturated rings. The average Bonchev–Trinajstić information content (AvgIpc) is 2.45. The molecule has 1 saturated carbocycles. The number of hydrogen-bond acceptors (Lipinski definition) is 3. The van der Waals surface area contributed by atoms with Gasteiger partial charge in [0, 0.05) is 12.1 Å². The summed E-state index contributed by atoms with van der Waals surface area (Å²) in [6, 6.07) is 0. The summed E-state index contributed by atoms with van der Waals surface area (Å²) in [5.41, 5.74) is -0.232. The van der Waals surface area contributed by atoms with Crippen LogP contribution in [-0.4, -0.2) is 49.1 Å². The minimum Gasteiger partial charge on any atom is -0.353 e. The number of carbonyl (C=O) groups is 1. The number of nitrogens with one attached hydrogen (secondary N) is 2. The normalized spacial score (nSPS) is 37.5. The number of likely N-dealkylation sites (N-methyl/N-ethyl adjacent to an activating group) is 1. The van der Waals surface area contributed by atoms with Crippen LogP contribution in [-0.2, 0) is 4.79 Å². The van der Waals surface area contributed by atoms with Crippen molar-refractivity contribution in [2.75, 3.05) is 27.2 Å². The lowest BCUT2D eigenvalue weighted by molar-refractivity contribution is -0.128. The summed E-state index contributed by atoms with van der Waals surface area (Å²) in [6.45, 7) is 6.12. The smallest absolute Gasteiger partial charge is 0.240 e. The maximum absolute atomic E-state index is 12.6. The molecule has 4 heteroatoms. The highest BCUT2D eigenvalue weighted by Crippen LogP contribution is 2.35. The Bertz CT molecular complexity index is 363. The summed E-state index contributed by atoms with van der Waals surface area (Å²) in [4.78, 5) is 14.9. The first-order valence-electron chi connectivity index (χ1n) is 8.59. The Balaban J connectivity index is 1.97. The molecule has 0 aromatic rings. The van der Waals surface area contributed by atoms with Gasteiger partial charge < -0.3 is 15.5 Å². The molecular formula is C17H33N3O. The van der Waals surface area contributed by atoms with Crippen LogP contribution in [0.4, 0.5) is 0 Å². The minimum absolute atomic E-state index is 0.137. The monoisotopic (exact) mass is 295 g/mol. The van der Waals surface area contributed by atoms with Crippen molar-refractivity contribution in [3.05, 3.63) is 0 Å². The van der Waals surface area contributed by atoms with E-state index in [-0.39, 0.29) is 17.0 Å². The highest BCUT2D eigenvalue weighted by atomic mass is 16.2. The molecule has 0 radical (unpaired) electrons. The van der Waals surface area contributed by atoms with E-state index in [4.69, 9.17) is 0 Å². The predicted molar refractivity (Wildman–Crippen MR) is 87.3 cm³/mol. The second-order valence-electron chi connectivity index (χ2n) is 7.72. The van der Waals surface area contributed by atoms with Crippen molar-refractivity contribution in [1.82, 2.24) is 15.5 Å². The molecule has 1 aliphatic heterocycles. The zero-order chi connectivity index (χ0) is 15.5. The van der Waals surface area contributed by atoms with Gasteiger partial charge in [-0.15, -0.1) is 0 Å². The molecule has 1 heterocycles. The van der Waals surface area contributed by atoms with E-state index in [9.17, 15) is 4.79 Å². The number of piperidine rings is 1. The Hall–Kier alpha value is -0.610. The van der Waals surface area contributed by atoms with Gasteiger partial charge in [0.15, 0.2) is 0 Å². The molecule has 0 aromatic carbocycles. The van der Waals surface area contributed by atoms with Crippen molar-refractivity contribution in [1.29, 1.82) is 0 Å². The molecule has 1 amide bonds. The first-order valence-corrected chi connectivity index (χ1v) is 8.59. The van der Waals surface area contributed by atoms with Gasteiger partial charge in [-0.3, -0.25) is 4.79 Å². The van der Waals surface area contributed by atoms with E-state index in [1.165, 1.54) is 32.1 Å². The van der Waals surface area contributed by atoms with Crippen molar-refractivity contribution < 1.29 is 4.79 Å². The molecule has 122 valence electrons. The number of rotatable bonds is 4. The molecule has 3 atom stereocenters. The van der Waals surface area contributed by atoms with E-state index in [1.54, 1.807) is 0 Å². The first-order chi connectivity index (χ1) is 9.88. The minimum atomic E-state index is -0.369. The van der Waals surface area contributed by atoms with Crippen LogP contribution < -0.4 is 10.6 Å². The Morgan fingerprint density at radius 3 is 2.62 bits per heavy atom. The highest BCUT2D eigenvalue weighted by Gasteiger charge is 2.39. The molecular weight excluding hydrogens is 262 g/mol. The van der Waals surface area contributed by atoms with Gasteiger partial charge >= 0.3 is 0 Å². The van der Waals surface area contributed by atoms with Crippen LogP contribution in [0.2, 0.25) is 0 Å². The van der Waals surface area contributed by atoms with Gasteiger partial charge in [0.25, 0.3) is 0 Å². The van der Waals surface area contributed by atoms with Crippen molar-refractivity contribution in [3.63, 3.8) is 0 Å². The van der Waals surface area contributed by atoms with Crippen LogP contribution in [0.5, 0.6) is 0 Å². The Kier molecular flexibility index (Phi) is 5.31. The molecule has 0 bridgehead atoms. The summed E-state index contributed by atoms with van der Waals surface area (Å²) in [5.74, 6) is 0.933.